The van der Waals surface area contributed by atoms with Gasteiger partial charge in [-0.15, -0.1) is 0 Å². The van der Waals surface area contributed by atoms with Crippen molar-refractivity contribution in [3.05, 3.63) is 92.4 Å². The molecule has 6 nitrogen and oxygen atoms in total. The minimum absolute atomic E-state index is 0.0303. The summed E-state index contributed by atoms with van der Waals surface area (Å²) in [5.74, 6) is 0.351. The Morgan fingerprint density at radius 1 is 1.03 bits per heavy atom. The van der Waals surface area contributed by atoms with Crippen LogP contribution < -0.4 is 10.4 Å². The molecule has 1 aromatic carbocycles. The average Bonchev–Trinajstić information content (AvgIpc) is 3.09. The van der Waals surface area contributed by atoms with E-state index in [-0.39, 0.29) is 23.5 Å². The number of hydrogen-bond acceptors (Lipinski definition) is 4. The molecule has 202 valence electrons. The molecule has 3 unspecified atom stereocenters. The topological polar surface area (TPSA) is 48.8 Å². The summed E-state index contributed by atoms with van der Waals surface area (Å²) in [6.07, 6.45) is 10.2. The van der Waals surface area contributed by atoms with Crippen molar-refractivity contribution in [1.82, 2.24) is 14.5 Å². The molecule has 3 aliphatic rings. The van der Waals surface area contributed by atoms with Crippen molar-refractivity contribution in [2.24, 2.45) is 5.92 Å². The molecule has 6 heteroatoms. The lowest BCUT2D eigenvalue weighted by atomic mass is 9.81. The Kier molecular flexibility index (Phi) is 7.62. The van der Waals surface area contributed by atoms with Gasteiger partial charge in [-0.1, -0.05) is 64.1 Å². The van der Waals surface area contributed by atoms with E-state index in [9.17, 15) is 9.59 Å². The van der Waals surface area contributed by atoms with Gasteiger partial charge in [0.15, 0.2) is 5.43 Å². The first-order valence-electron chi connectivity index (χ1n) is 14.4. The summed E-state index contributed by atoms with van der Waals surface area (Å²) in [6.45, 7) is 13.9. The number of pyridine rings is 1. The van der Waals surface area contributed by atoms with Crippen molar-refractivity contribution in [2.45, 2.75) is 72.5 Å². The normalized spacial score (nSPS) is 22.9. The second kappa shape index (κ2) is 10.9. The van der Waals surface area contributed by atoms with Crippen LogP contribution in [-0.4, -0.2) is 52.7 Å². The van der Waals surface area contributed by atoms with Crippen LogP contribution in [0.25, 0.3) is 0 Å². The van der Waals surface area contributed by atoms with Crippen LogP contribution in [0.4, 0.5) is 0 Å². The van der Waals surface area contributed by atoms with Gasteiger partial charge in [0, 0.05) is 30.9 Å². The molecule has 2 aliphatic carbocycles. The molecule has 0 spiro atoms. The van der Waals surface area contributed by atoms with Gasteiger partial charge in [-0.3, -0.25) is 24.2 Å². The number of amides is 1. The van der Waals surface area contributed by atoms with Gasteiger partial charge >= 0.3 is 0 Å². The SMILES string of the molecule is CCCN1C(=O)c2c(C)c(=O)ccn2N(C2C3=C(C=CCC3C)CCc3ccccc32)C1CN(CC)CC. The van der Waals surface area contributed by atoms with Crippen LogP contribution in [-0.2, 0) is 6.42 Å². The van der Waals surface area contributed by atoms with Crippen LogP contribution in [0.1, 0.15) is 80.2 Å². The fraction of sp³-hybridized carbons (Fsp3) is 0.500. The molecule has 38 heavy (non-hydrogen) atoms. The summed E-state index contributed by atoms with van der Waals surface area (Å²) in [5.41, 5.74) is 6.50. The van der Waals surface area contributed by atoms with Crippen LogP contribution >= 0.6 is 0 Å². The summed E-state index contributed by atoms with van der Waals surface area (Å²) in [6, 6.07) is 10.4. The van der Waals surface area contributed by atoms with Crippen LogP contribution in [0, 0.1) is 12.8 Å². The highest BCUT2D eigenvalue weighted by Crippen LogP contribution is 2.45. The average molecular weight is 515 g/mol. The maximum Gasteiger partial charge on any atom is 0.274 e. The lowest BCUT2D eigenvalue weighted by Gasteiger charge is -2.52. The Balaban J connectivity index is 1.83. The van der Waals surface area contributed by atoms with Gasteiger partial charge in [-0.2, -0.15) is 0 Å². The van der Waals surface area contributed by atoms with E-state index < -0.39 is 0 Å². The predicted molar refractivity (Wildman–Crippen MR) is 154 cm³/mol. The molecule has 0 N–H and O–H groups in total. The standard InChI is InChI=1S/C32H42N4O2/c1-6-19-34-28(21-33(7-2)8-3)36(35-20-18-27(37)23(5)30(35)32(34)38)31-26-15-10-9-13-24(26)16-17-25-14-11-12-22(4)29(25)31/h9-11,13-15,18,20,22,28,31H,6-8,12,16-17,19,21H2,1-5H3. The number of allylic oxidation sites excluding steroid dienone is 3. The lowest BCUT2D eigenvalue weighted by molar-refractivity contribution is 0.0481. The molecule has 1 aliphatic heterocycles. The smallest absolute Gasteiger partial charge is 0.274 e. The highest BCUT2D eigenvalue weighted by Gasteiger charge is 2.45. The number of carbonyl (C=O) groups excluding carboxylic acids is 1. The first-order chi connectivity index (χ1) is 18.4. The molecule has 3 atom stereocenters. The Morgan fingerprint density at radius 3 is 2.53 bits per heavy atom. The van der Waals surface area contributed by atoms with E-state index in [0.29, 0.717) is 23.7 Å². The second-order valence-electron chi connectivity index (χ2n) is 11.0. The Bertz CT molecular complexity index is 1320. The Labute approximate surface area is 227 Å². The number of likely N-dealkylation sites (N-methyl/N-ethyl adjacent to an activating group) is 1. The monoisotopic (exact) mass is 514 g/mol. The van der Waals surface area contributed by atoms with E-state index in [0.717, 1.165) is 45.3 Å². The zero-order valence-electron chi connectivity index (χ0n) is 23.6. The van der Waals surface area contributed by atoms with Crippen molar-refractivity contribution in [3.8, 4) is 0 Å². The van der Waals surface area contributed by atoms with E-state index in [2.05, 4.69) is 74.0 Å². The number of rotatable bonds is 7. The van der Waals surface area contributed by atoms with Gasteiger partial charge in [0.1, 0.15) is 11.9 Å². The van der Waals surface area contributed by atoms with Crippen molar-refractivity contribution < 1.29 is 4.79 Å². The highest BCUT2D eigenvalue weighted by atomic mass is 16.2. The van der Waals surface area contributed by atoms with Crippen LogP contribution in [0.5, 0.6) is 0 Å². The van der Waals surface area contributed by atoms with Crippen molar-refractivity contribution in [3.63, 3.8) is 0 Å². The fourth-order valence-corrected chi connectivity index (χ4v) is 6.70. The van der Waals surface area contributed by atoms with E-state index in [4.69, 9.17) is 0 Å². The van der Waals surface area contributed by atoms with Gasteiger partial charge in [0.05, 0.1) is 6.04 Å². The number of fused-ring (bicyclic) bond motifs is 2. The van der Waals surface area contributed by atoms with Gasteiger partial charge < -0.3 is 4.90 Å². The molecule has 0 radical (unpaired) electrons. The minimum Gasteiger partial charge on any atom is -0.314 e. The summed E-state index contributed by atoms with van der Waals surface area (Å²) in [5, 5.41) is 2.45. The van der Waals surface area contributed by atoms with Crippen molar-refractivity contribution >= 4 is 5.91 Å². The van der Waals surface area contributed by atoms with E-state index >= 15 is 0 Å². The van der Waals surface area contributed by atoms with Crippen molar-refractivity contribution in [2.75, 3.05) is 31.2 Å². The van der Waals surface area contributed by atoms with E-state index in [1.807, 2.05) is 15.8 Å². The lowest BCUT2D eigenvalue weighted by Crippen LogP contribution is -2.66. The van der Waals surface area contributed by atoms with E-state index in [1.165, 1.54) is 22.3 Å². The molecule has 5 rings (SSSR count). The van der Waals surface area contributed by atoms with Crippen LogP contribution in [0.3, 0.4) is 0 Å². The molecule has 2 aromatic rings. The predicted octanol–water partition coefficient (Wildman–Crippen LogP) is 5.21. The number of hydrogen-bond donors (Lipinski definition) is 0. The maximum absolute atomic E-state index is 14.1. The third-order valence-electron chi connectivity index (χ3n) is 8.76. The molecular weight excluding hydrogens is 472 g/mol. The number of aromatic nitrogens is 1. The molecular formula is C32H42N4O2. The van der Waals surface area contributed by atoms with Gasteiger partial charge in [-0.05, 0) is 73.9 Å². The summed E-state index contributed by atoms with van der Waals surface area (Å²) < 4.78 is 2.04. The van der Waals surface area contributed by atoms with Gasteiger partial charge in [-0.25, -0.2) is 0 Å². The highest BCUT2D eigenvalue weighted by molar-refractivity contribution is 5.95. The summed E-state index contributed by atoms with van der Waals surface area (Å²) in [4.78, 5) is 31.4. The third-order valence-corrected chi connectivity index (χ3v) is 8.76. The Morgan fingerprint density at radius 2 is 1.79 bits per heavy atom. The number of carbonyl (C=O) groups is 1. The van der Waals surface area contributed by atoms with Crippen LogP contribution in [0.15, 0.2) is 64.6 Å². The summed E-state index contributed by atoms with van der Waals surface area (Å²) >= 11 is 0. The first kappa shape index (κ1) is 26.5. The van der Waals surface area contributed by atoms with Gasteiger partial charge in [0.2, 0.25) is 0 Å². The molecule has 1 aromatic heterocycles. The van der Waals surface area contributed by atoms with Crippen molar-refractivity contribution in [1.29, 1.82) is 0 Å². The largest absolute Gasteiger partial charge is 0.314 e. The fourth-order valence-electron chi connectivity index (χ4n) is 6.70. The third kappa shape index (κ3) is 4.43. The second-order valence-corrected chi connectivity index (χ2v) is 11.0. The molecule has 1 amide bonds. The zero-order valence-corrected chi connectivity index (χ0v) is 23.6. The number of aryl methyl sites for hydroxylation is 1. The molecule has 0 saturated carbocycles. The molecule has 0 bridgehead atoms. The Hall–Kier alpha value is -3.12. The van der Waals surface area contributed by atoms with Crippen LogP contribution in [0.2, 0.25) is 0 Å². The zero-order chi connectivity index (χ0) is 27.0. The minimum atomic E-state index is -0.167. The first-order valence-corrected chi connectivity index (χ1v) is 14.4. The molecule has 0 saturated heterocycles. The quantitative estimate of drug-likeness (QED) is 0.509. The van der Waals surface area contributed by atoms with E-state index in [1.54, 1.807) is 13.0 Å². The summed E-state index contributed by atoms with van der Waals surface area (Å²) in [7, 11) is 0. The molecule has 2 heterocycles. The maximum atomic E-state index is 14.1. The number of benzene rings is 1. The molecule has 0 fully saturated rings. The number of nitrogens with zero attached hydrogens (tertiary/aromatic N) is 4. The van der Waals surface area contributed by atoms with Gasteiger partial charge in [0.25, 0.3) is 5.91 Å².